The molecule has 1 aliphatic carbocycles. The molecule has 3 rings (SSSR count). The number of nitrogens with zero attached hydrogens (tertiary/aromatic N) is 1. The quantitative estimate of drug-likeness (QED) is 0.875. The molecule has 1 unspecified atom stereocenters. The largest absolute Gasteiger partial charge is 0.369 e. The van der Waals surface area contributed by atoms with Crippen molar-refractivity contribution in [3.63, 3.8) is 0 Å². The maximum atomic E-state index is 14.2. The van der Waals surface area contributed by atoms with Gasteiger partial charge in [-0.05, 0) is 42.9 Å². The van der Waals surface area contributed by atoms with Crippen molar-refractivity contribution >= 4 is 5.69 Å². The van der Waals surface area contributed by atoms with Gasteiger partial charge in [-0.1, -0.05) is 19.4 Å². The molecule has 19 heavy (non-hydrogen) atoms. The summed E-state index contributed by atoms with van der Waals surface area (Å²) in [6, 6.07) is 6.39. The minimum atomic E-state index is -0.0631. The molecule has 1 aromatic carbocycles. The topological polar surface area (TPSA) is 15.3 Å². The summed E-state index contributed by atoms with van der Waals surface area (Å²) in [5.41, 5.74) is 1.84. The lowest BCUT2D eigenvalue weighted by atomic mass is 10.1. The summed E-state index contributed by atoms with van der Waals surface area (Å²) in [7, 11) is 0. The predicted molar refractivity (Wildman–Crippen MR) is 76.9 cm³/mol. The number of anilines is 1. The van der Waals surface area contributed by atoms with Gasteiger partial charge in [-0.2, -0.15) is 0 Å². The lowest BCUT2D eigenvalue weighted by Gasteiger charge is -2.19. The smallest absolute Gasteiger partial charge is 0.146 e. The van der Waals surface area contributed by atoms with Crippen molar-refractivity contribution in [2.75, 3.05) is 18.0 Å². The summed E-state index contributed by atoms with van der Waals surface area (Å²) in [5.74, 6) is 0.669. The molecular formula is C16H23FN2. The van der Waals surface area contributed by atoms with Crippen LogP contribution in [-0.2, 0) is 6.54 Å². The zero-order valence-corrected chi connectivity index (χ0v) is 11.7. The number of nitrogens with one attached hydrogen (secondary N) is 1. The van der Waals surface area contributed by atoms with Gasteiger partial charge in [-0.3, -0.25) is 0 Å². The SMILES string of the molecule is CCC1CCN(c2ccc(CNC3CC3)cc2F)C1. The van der Waals surface area contributed by atoms with Gasteiger partial charge in [0.1, 0.15) is 5.82 Å². The van der Waals surface area contributed by atoms with E-state index in [0.717, 1.165) is 36.8 Å². The van der Waals surface area contributed by atoms with Crippen LogP contribution >= 0.6 is 0 Å². The molecule has 2 aliphatic rings. The van der Waals surface area contributed by atoms with Crippen molar-refractivity contribution < 1.29 is 4.39 Å². The van der Waals surface area contributed by atoms with Gasteiger partial charge in [0.05, 0.1) is 5.69 Å². The summed E-state index contributed by atoms with van der Waals surface area (Å²) < 4.78 is 14.2. The van der Waals surface area contributed by atoms with Gasteiger partial charge in [0.25, 0.3) is 0 Å². The van der Waals surface area contributed by atoms with Gasteiger partial charge < -0.3 is 10.2 Å². The van der Waals surface area contributed by atoms with Crippen LogP contribution in [0.25, 0.3) is 0 Å². The highest BCUT2D eigenvalue weighted by molar-refractivity contribution is 5.50. The van der Waals surface area contributed by atoms with Crippen LogP contribution in [-0.4, -0.2) is 19.1 Å². The zero-order valence-electron chi connectivity index (χ0n) is 11.7. The van der Waals surface area contributed by atoms with E-state index in [1.165, 1.54) is 25.7 Å². The van der Waals surface area contributed by atoms with E-state index in [4.69, 9.17) is 0 Å². The van der Waals surface area contributed by atoms with Gasteiger partial charge in [-0.25, -0.2) is 4.39 Å². The first-order chi connectivity index (χ1) is 9.26. The van der Waals surface area contributed by atoms with Gasteiger partial charge in [-0.15, -0.1) is 0 Å². The molecule has 1 saturated carbocycles. The van der Waals surface area contributed by atoms with Crippen LogP contribution in [0.5, 0.6) is 0 Å². The summed E-state index contributed by atoms with van der Waals surface area (Å²) in [6.45, 7) is 5.01. The third-order valence-corrected chi connectivity index (χ3v) is 4.39. The van der Waals surface area contributed by atoms with E-state index in [0.29, 0.717) is 6.04 Å². The van der Waals surface area contributed by atoms with Crippen LogP contribution in [0.4, 0.5) is 10.1 Å². The average Bonchev–Trinajstić information content (AvgIpc) is 3.13. The average molecular weight is 262 g/mol. The van der Waals surface area contributed by atoms with Crippen LogP contribution < -0.4 is 10.2 Å². The fourth-order valence-electron chi connectivity index (χ4n) is 2.85. The second kappa shape index (κ2) is 5.49. The minimum Gasteiger partial charge on any atom is -0.369 e. The van der Waals surface area contributed by atoms with Crippen molar-refractivity contribution in [1.29, 1.82) is 0 Å². The molecule has 0 radical (unpaired) electrons. The Balaban J connectivity index is 1.65. The van der Waals surface area contributed by atoms with E-state index < -0.39 is 0 Å². The Morgan fingerprint density at radius 3 is 2.79 bits per heavy atom. The number of hydrogen-bond acceptors (Lipinski definition) is 2. The molecule has 2 fully saturated rings. The second-order valence-electron chi connectivity index (χ2n) is 5.95. The molecule has 104 valence electrons. The molecule has 0 bridgehead atoms. The highest BCUT2D eigenvalue weighted by atomic mass is 19.1. The molecule has 1 atom stereocenters. The number of benzene rings is 1. The Morgan fingerprint density at radius 2 is 2.16 bits per heavy atom. The Kier molecular flexibility index (Phi) is 3.74. The molecule has 3 heteroatoms. The molecule has 0 amide bonds. The van der Waals surface area contributed by atoms with Gasteiger partial charge >= 0.3 is 0 Å². The maximum absolute atomic E-state index is 14.2. The predicted octanol–water partition coefficient (Wildman–Crippen LogP) is 3.31. The highest BCUT2D eigenvalue weighted by Gasteiger charge is 2.23. The molecule has 2 nitrogen and oxygen atoms in total. The normalized spacial score (nSPS) is 23.1. The highest BCUT2D eigenvalue weighted by Crippen LogP contribution is 2.28. The number of rotatable bonds is 5. The summed E-state index contributed by atoms with van der Waals surface area (Å²) in [6.07, 6.45) is 4.93. The first-order valence-corrected chi connectivity index (χ1v) is 7.53. The number of halogens is 1. The van der Waals surface area contributed by atoms with Crippen molar-refractivity contribution in [1.82, 2.24) is 5.32 Å². The van der Waals surface area contributed by atoms with E-state index in [-0.39, 0.29) is 5.82 Å². The lowest BCUT2D eigenvalue weighted by Crippen LogP contribution is -2.21. The van der Waals surface area contributed by atoms with Crippen molar-refractivity contribution in [3.8, 4) is 0 Å². The van der Waals surface area contributed by atoms with Crippen LogP contribution in [0.2, 0.25) is 0 Å². The molecule has 1 aliphatic heterocycles. The lowest BCUT2D eigenvalue weighted by molar-refractivity contribution is 0.566. The Morgan fingerprint density at radius 1 is 1.32 bits per heavy atom. The van der Waals surface area contributed by atoms with E-state index in [9.17, 15) is 4.39 Å². The first kappa shape index (κ1) is 12.9. The molecule has 1 heterocycles. The van der Waals surface area contributed by atoms with Gasteiger partial charge in [0, 0.05) is 25.7 Å². The van der Waals surface area contributed by atoms with Crippen molar-refractivity contribution in [3.05, 3.63) is 29.6 Å². The Labute approximate surface area is 115 Å². The first-order valence-electron chi connectivity index (χ1n) is 7.53. The maximum Gasteiger partial charge on any atom is 0.146 e. The Hall–Kier alpha value is -1.09. The third-order valence-electron chi connectivity index (χ3n) is 4.39. The molecule has 1 saturated heterocycles. The molecule has 1 N–H and O–H groups in total. The van der Waals surface area contributed by atoms with E-state index in [1.54, 1.807) is 6.07 Å². The molecule has 1 aromatic rings. The van der Waals surface area contributed by atoms with Crippen LogP contribution in [0.3, 0.4) is 0 Å². The summed E-state index contributed by atoms with van der Waals surface area (Å²) in [5, 5.41) is 3.43. The number of hydrogen-bond donors (Lipinski definition) is 1. The monoisotopic (exact) mass is 262 g/mol. The van der Waals surface area contributed by atoms with Crippen LogP contribution in [0.1, 0.15) is 38.2 Å². The minimum absolute atomic E-state index is 0.0631. The van der Waals surface area contributed by atoms with E-state index >= 15 is 0 Å². The standard InChI is InChI=1S/C16H23FN2/c1-2-12-7-8-19(11-12)16-6-3-13(9-15(16)17)10-18-14-4-5-14/h3,6,9,12,14,18H,2,4-5,7-8,10-11H2,1H3. The second-order valence-corrected chi connectivity index (χ2v) is 5.95. The molecular weight excluding hydrogens is 239 g/mol. The Bertz CT molecular complexity index is 442. The van der Waals surface area contributed by atoms with Crippen molar-refractivity contribution in [2.45, 2.75) is 45.2 Å². The van der Waals surface area contributed by atoms with Crippen LogP contribution in [0.15, 0.2) is 18.2 Å². The zero-order chi connectivity index (χ0) is 13.2. The fourth-order valence-corrected chi connectivity index (χ4v) is 2.85. The molecule has 0 aromatic heterocycles. The van der Waals surface area contributed by atoms with Crippen molar-refractivity contribution in [2.24, 2.45) is 5.92 Å². The van der Waals surface area contributed by atoms with Gasteiger partial charge in [0.15, 0.2) is 0 Å². The summed E-state index contributed by atoms with van der Waals surface area (Å²) >= 11 is 0. The molecule has 0 spiro atoms. The third kappa shape index (κ3) is 3.08. The van der Waals surface area contributed by atoms with E-state index in [1.807, 2.05) is 6.07 Å². The summed E-state index contributed by atoms with van der Waals surface area (Å²) in [4.78, 5) is 2.20. The van der Waals surface area contributed by atoms with Gasteiger partial charge in [0.2, 0.25) is 0 Å². The van der Waals surface area contributed by atoms with E-state index in [2.05, 4.69) is 23.2 Å². The fraction of sp³-hybridized carbons (Fsp3) is 0.625. The van der Waals surface area contributed by atoms with Crippen LogP contribution in [0, 0.1) is 11.7 Å².